The Hall–Kier alpha value is -3.33. The highest BCUT2D eigenvalue weighted by Crippen LogP contribution is 2.28. The van der Waals surface area contributed by atoms with Crippen molar-refractivity contribution >= 4 is 23.9 Å². The summed E-state index contributed by atoms with van der Waals surface area (Å²) < 4.78 is 7.30. The molecule has 0 bridgehead atoms. The third-order valence-corrected chi connectivity index (χ3v) is 5.09. The zero-order valence-electron chi connectivity index (χ0n) is 16.8. The number of phenolic OH excluding ortho intramolecular Hbond substituents is 1. The number of carbonyl (C=O) groups is 1. The van der Waals surface area contributed by atoms with Crippen LogP contribution in [-0.4, -0.2) is 44.4 Å². The molecule has 0 spiro atoms. The van der Waals surface area contributed by atoms with E-state index in [1.165, 1.54) is 18.0 Å². The van der Waals surface area contributed by atoms with Gasteiger partial charge in [0.25, 0.3) is 5.91 Å². The van der Waals surface area contributed by atoms with Gasteiger partial charge in [0.1, 0.15) is 0 Å². The first-order valence-electron chi connectivity index (χ1n) is 9.52. The van der Waals surface area contributed by atoms with E-state index in [1.807, 2.05) is 48.7 Å². The molecule has 30 heavy (non-hydrogen) atoms. The van der Waals surface area contributed by atoms with Crippen LogP contribution in [0.2, 0.25) is 0 Å². The molecule has 2 aromatic carbocycles. The number of nitrogens with zero attached hydrogens (tertiary/aromatic N) is 4. The Labute approximate surface area is 179 Å². The molecule has 2 N–H and O–H groups in total. The molecule has 3 aromatic rings. The number of rotatable bonds is 9. The Morgan fingerprint density at radius 1 is 1.20 bits per heavy atom. The fourth-order valence-electron chi connectivity index (χ4n) is 2.73. The summed E-state index contributed by atoms with van der Waals surface area (Å²) in [4.78, 5) is 12.1. The average molecular weight is 426 g/mol. The van der Waals surface area contributed by atoms with Crippen LogP contribution < -0.4 is 10.2 Å². The van der Waals surface area contributed by atoms with Crippen LogP contribution in [0.1, 0.15) is 19.4 Å². The summed E-state index contributed by atoms with van der Waals surface area (Å²) in [6, 6.07) is 14.9. The number of aromatic nitrogens is 3. The molecule has 0 atom stereocenters. The lowest BCUT2D eigenvalue weighted by molar-refractivity contribution is -0.118. The molecule has 0 aliphatic heterocycles. The number of hydrazone groups is 1. The highest BCUT2D eigenvalue weighted by molar-refractivity contribution is 7.99. The number of benzene rings is 2. The van der Waals surface area contributed by atoms with Crippen LogP contribution in [0.4, 0.5) is 0 Å². The molecule has 0 unspecified atom stereocenters. The molecule has 0 fully saturated rings. The van der Waals surface area contributed by atoms with E-state index in [2.05, 4.69) is 20.7 Å². The van der Waals surface area contributed by atoms with Gasteiger partial charge in [-0.1, -0.05) is 48.2 Å². The van der Waals surface area contributed by atoms with Crippen molar-refractivity contribution < 1.29 is 14.6 Å². The van der Waals surface area contributed by atoms with Gasteiger partial charge in [-0.25, -0.2) is 5.43 Å². The fourth-order valence-corrected chi connectivity index (χ4v) is 3.53. The van der Waals surface area contributed by atoms with Crippen molar-refractivity contribution in [2.75, 3.05) is 12.4 Å². The van der Waals surface area contributed by atoms with Crippen LogP contribution in [0.25, 0.3) is 11.4 Å². The summed E-state index contributed by atoms with van der Waals surface area (Å²) in [6.45, 7) is 4.97. The molecule has 0 aliphatic carbocycles. The van der Waals surface area contributed by atoms with Crippen LogP contribution >= 0.6 is 11.8 Å². The van der Waals surface area contributed by atoms with Crippen LogP contribution in [0.5, 0.6) is 11.5 Å². The van der Waals surface area contributed by atoms with Gasteiger partial charge in [0, 0.05) is 17.7 Å². The van der Waals surface area contributed by atoms with E-state index in [0.29, 0.717) is 29.6 Å². The topological polar surface area (TPSA) is 102 Å². The SMILES string of the molecule is CCOc1cccc(C=NNC(=O)CSc2nnc(-c3ccccc3)n2CC)c1O. The highest BCUT2D eigenvalue weighted by atomic mass is 32.2. The molecule has 8 nitrogen and oxygen atoms in total. The first-order valence-corrected chi connectivity index (χ1v) is 10.5. The molecule has 0 radical (unpaired) electrons. The Balaban J connectivity index is 1.59. The number of ether oxygens (including phenoxy) is 1. The molecule has 1 heterocycles. The van der Waals surface area contributed by atoms with Crippen molar-refractivity contribution in [3.63, 3.8) is 0 Å². The van der Waals surface area contributed by atoms with Crippen molar-refractivity contribution in [3.05, 3.63) is 54.1 Å². The molecule has 1 aromatic heterocycles. The first kappa shape index (κ1) is 21.4. The van der Waals surface area contributed by atoms with E-state index >= 15 is 0 Å². The van der Waals surface area contributed by atoms with Crippen LogP contribution in [0.3, 0.4) is 0 Å². The lowest BCUT2D eigenvalue weighted by Crippen LogP contribution is -2.20. The quantitative estimate of drug-likeness (QED) is 0.310. The minimum absolute atomic E-state index is 0.0174. The second-order valence-corrected chi connectivity index (χ2v) is 7.07. The number of amides is 1. The lowest BCUT2D eigenvalue weighted by atomic mass is 10.2. The maximum absolute atomic E-state index is 12.1. The Kier molecular flexibility index (Phi) is 7.45. The summed E-state index contributed by atoms with van der Waals surface area (Å²) >= 11 is 1.29. The van der Waals surface area contributed by atoms with Gasteiger partial charge in [0.05, 0.1) is 18.6 Å². The monoisotopic (exact) mass is 425 g/mol. The maximum Gasteiger partial charge on any atom is 0.250 e. The van der Waals surface area contributed by atoms with Crippen LogP contribution in [0, 0.1) is 0 Å². The van der Waals surface area contributed by atoms with E-state index < -0.39 is 0 Å². The van der Waals surface area contributed by atoms with Gasteiger partial charge in [-0.3, -0.25) is 4.79 Å². The molecule has 156 valence electrons. The minimum Gasteiger partial charge on any atom is -0.504 e. The fraction of sp³-hybridized carbons (Fsp3) is 0.238. The second kappa shape index (κ2) is 10.4. The van der Waals surface area contributed by atoms with E-state index in [4.69, 9.17) is 4.74 Å². The molecular formula is C21H23N5O3S. The average Bonchev–Trinajstić information content (AvgIpc) is 3.18. The molecule has 3 rings (SSSR count). The normalized spacial score (nSPS) is 11.0. The van der Waals surface area contributed by atoms with E-state index in [9.17, 15) is 9.90 Å². The summed E-state index contributed by atoms with van der Waals surface area (Å²) in [6.07, 6.45) is 1.38. The largest absolute Gasteiger partial charge is 0.504 e. The second-order valence-electron chi connectivity index (χ2n) is 6.13. The third-order valence-electron chi connectivity index (χ3n) is 4.12. The number of para-hydroxylation sites is 1. The van der Waals surface area contributed by atoms with Crippen LogP contribution in [0.15, 0.2) is 58.8 Å². The van der Waals surface area contributed by atoms with E-state index in [-0.39, 0.29) is 17.4 Å². The van der Waals surface area contributed by atoms with Gasteiger partial charge in [-0.05, 0) is 26.0 Å². The summed E-state index contributed by atoms with van der Waals surface area (Å²) in [5.41, 5.74) is 3.88. The number of thioether (sulfide) groups is 1. The van der Waals surface area contributed by atoms with Gasteiger partial charge < -0.3 is 14.4 Å². The van der Waals surface area contributed by atoms with Gasteiger partial charge >= 0.3 is 0 Å². The smallest absolute Gasteiger partial charge is 0.250 e. The van der Waals surface area contributed by atoms with Crippen molar-refractivity contribution in [3.8, 4) is 22.9 Å². The zero-order chi connectivity index (χ0) is 21.3. The predicted molar refractivity (Wildman–Crippen MR) is 117 cm³/mol. The van der Waals surface area contributed by atoms with Crippen molar-refractivity contribution in [1.29, 1.82) is 0 Å². The molecule has 9 heteroatoms. The van der Waals surface area contributed by atoms with Gasteiger partial charge in [-0.15, -0.1) is 10.2 Å². The molecule has 0 aliphatic rings. The number of hydrogen-bond acceptors (Lipinski definition) is 7. The van der Waals surface area contributed by atoms with Crippen molar-refractivity contribution in [2.45, 2.75) is 25.5 Å². The Morgan fingerprint density at radius 3 is 2.73 bits per heavy atom. The third kappa shape index (κ3) is 5.18. The molecule has 1 amide bonds. The number of hydrogen-bond donors (Lipinski definition) is 2. The zero-order valence-corrected chi connectivity index (χ0v) is 17.6. The summed E-state index contributed by atoms with van der Waals surface area (Å²) in [5, 5.41) is 23.2. The summed E-state index contributed by atoms with van der Waals surface area (Å²) in [7, 11) is 0. The Morgan fingerprint density at radius 2 is 2.00 bits per heavy atom. The standard InChI is InChI=1S/C21H23N5O3S/c1-3-26-20(15-9-6-5-7-10-15)24-25-21(26)30-14-18(27)23-22-13-16-11-8-12-17(19(16)28)29-4-2/h5-13,28H,3-4,14H2,1-2H3,(H,23,27). The van der Waals surface area contributed by atoms with E-state index in [1.54, 1.807) is 18.2 Å². The van der Waals surface area contributed by atoms with Crippen LogP contribution in [-0.2, 0) is 11.3 Å². The van der Waals surface area contributed by atoms with Gasteiger partial charge in [0.15, 0.2) is 22.5 Å². The number of nitrogens with one attached hydrogen (secondary N) is 1. The molecule has 0 saturated carbocycles. The first-order chi connectivity index (χ1) is 14.6. The summed E-state index contributed by atoms with van der Waals surface area (Å²) in [5.74, 6) is 0.967. The minimum atomic E-state index is -0.288. The molecular weight excluding hydrogens is 402 g/mol. The Bertz CT molecular complexity index is 1020. The number of carbonyl (C=O) groups excluding carboxylic acids is 1. The van der Waals surface area contributed by atoms with Crippen molar-refractivity contribution in [1.82, 2.24) is 20.2 Å². The lowest BCUT2D eigenvalue weighted by Gasteiger charge is -2.07. The van der Waals surface area contributed by atoms with Gasteiger partial charge in [-0.2, -0.15) is 5.10 Å². The van der Waals surface area contributed by atoms with E-state index in [0.717, 1.165) is 11.4 Å². The maximum atomic E-state index is 12.1. The number of phenols is 1. The highest BCUT2D eigenvalue weighted by Gasteiger charge is 2.14. The number of aromatic hydroxyl groups is 1. The van der Waals surface area contributed by atoms with Gasteiger partial charge in [0.2, 0.25) is 0 Å². The molecule has 0 saturated heterocycles. The van der Waals surface area contributed by atoms with Crippen molar-refractivity contribution in [2.24, 2.45) is 5.10 Å². The predicted octanol–water partition coefficient (Wildman–Crippen LogP) is 3.31.